The molecule has 0 unspecified atom stereocenters. The van der Waals surface area contributed by atoms with Crippen molar-refractivity contribution in [3.63, 3.8) is 0 Å². The number of nitrogens with one attached hydrogen (secondary N) is 2. The molecule has 1 rings (SSSR count). The van der Waals surface area contributed by atoms with Crippen molar-refractivity contribution in [2.24, 2.45) is 0 Å². The Kier molecular flexibility index (Phi) is 8.17. The minimum Gasteiger partial charge on any atom is -0.313 e. The van der Waals surface area contributed by atoms with Crippen LogP contribution in [0.2, 0.25) is 0 Å². The summed E-state index contributed by atoms with van der Waals surface area (Å²) in [6, 6.07) is 5.54. The standard InChI is InChI=1S/C12H19FN2O2S.ClH/c1-3-14-10(2)8-15-18(16,17)9-11-4-6-12(13)7-5-11;/h4-7,10,14-15H,3,8-9H2,1-2H3;1H/t10-;/m1./s1. The van der Waals surface area contributed by atoms with E-state index in [0.717, 1.165) is 6.54 Å². The smallest absolute Gasteiger partial charge is 0.215 e. The van der Waals surface area contributed by atoms with Gasteiger partial charge in [0.2, 0.25) is 10.0 Å². The zero-order chi connectivity index (χ0) is 13.6. The van der Waals surface area contributed by atoms with Crippen LogP contribution in [0.1, 0.15) is 19.4 Å². The fourth-order valence-electron chi connectivity index (χ4n) is 1.52. The molecule has 4 nitrogen and oxygen atoms in total. The zero-order valence-corrected chi connectivity index (χ0v) is 12.7. The first-order valence-corrected chi connectivity index (χ1v) is 7.53. The Hall–Kier alpha value is -0.690. The molecule has 19 heavy (non-hydrogen) atoms. The second-order valence-corrected chi connectivity index (χ2v) is 6.00. The van der Waals surface area contributed by atoms with Crippen LogP contribution in [0.3, 0.4) is 0 Å². The molecular weight excluding hydrogens is 291 g/mol. The molecule has 1 atom stereocenters. The van der Waals surface area contributed by atoms with E-state index in [1.54, 1.807) is 0 Å². The van der Waals surface area contributed by atoms with Crippen LogP contribution in [0.15, 0.2) is 24.3 Å². The maximum Gasteiger partial charge on any atom is 0.215 e. The SMILES string of the molecule is CCN[C@H](C)CNS(=O)(=O)Cc1ccc(F)cc1.Cl. The van der Waals surface area contributed by atoms with Crippen LogP contribution < -0.4 is 10.0 Å². The summed E-state index contributed by atoms with van der Waals surface area (Å²) in [5.41, 5.74) is 0.569. The van der Waals surface area contributed by atoms with Crippen LogP contribution in [-0.4, -0.2) is 27.5 Å². The van der Waals surface area contributed by atoms with Crippen LogP contribution in [-0.2, 0) is 15.8 Å². The van der Waals surface area contributed by atoms with Gasteiger partial charge in [-0.3, -0.25) is 0 Å². The van der Waals surface area contributed by atoms with Gasteiger partial charge in [-0.15, -0.1) is 12.4 Å². The van der Waals surface area contributed by atoms with E-state index in [-0.39, 0.29) is 30.0 Å². The van der Waals surface area contributed by atoms with Crippen LogP contribution >= 0.6 is 12.4 Å². The summed E-state index contributed by atoms with van der Waals surface area (Å²) in [5, 5.41) is 3.11. The molecule has 0 aromatic heterocycles. The van der Waals surface area contributed by atoms with Gasteiger partial charge in [0.05, 0.1) is 5.75 Å². The fourth-order valence-corrected chi connectivity index (χ4v) is 2.76. The van der Waals surface area contributed by atoms with Gasteiger partial charge in [0, 0.05) is 12.6 Å². The van der Waals surface area contributed by atoms with E-state index in [1.165, 1.54) is 24.3 Å². The lowest BCUT2D eigenvalue weighted by atomic mass is 10.2. The van der Waals surface area contributed by atoms with Gasteiger partial charge in [-0.1, -0.05) is 19.1 Å². The van der Waals surface area contributed by atoms with E-state index in [4.69, 9.17) is 0 Å². The minimum absolute atomic E-state index is 0. The average molecular weight is 311 g/mol. The molecule has 1 aromatic carbocycles. The fraction of sp³-hybridized carbons (Fsp3) is 0.500. The molecule has 0 radical (unpaired) electrons. The van der Waals surface area contributed by atoms with E-state index in [2.05, 4.69) is 10.0 Å². The highest BCUT2D eigenvalue weighted by Gasteiger charge is 2.12. The maximum atomic E-state index is 12.7. The topological polar surface area (TPSA) is 58.2 Å². The van der Waals surface area contributed by atoms with Crippen LogP contribution in [0.25, 0.3) is 0 Å². The van der Waals surface area contributed by atoms with Crippen LogP contribution in [0, 0.1) is 5.82 Å². The number of hydrogen-bond donors (Lipinski definition) is 2. The lowest BCUT2D eigenvalue weighted by Gasteiger charge is -2.13. The molecule has 0 saturated carbocycles. The lowest BCUT2D eigenvalue weighted by molar-refractivity contribution is 0.535. The summed E-state index contributed by atoms with van der Waals surface area (Å²) in [6.45, 7) is 5.01. The average Bonchev–Trinajstić information content (AvgIpc) is 2.30. The molecule has 7 heteroatoms. The number of halogens is 2. The Morgan fingerprint density at radius 1 is 1.26 bits per heavy atom. The molecule has 0 amide bonds. The number of likely N-dealkylation sites (N-methyl/N-ethyl adjacent to an activating group) is 1. The highest BCUT2D eigenvalue weighted by molar-refractivity contribution is 7.88. The Morgan fingerprint density at radius 2 is 1.84 bits per heavy atom. The van der Waals surface area contributed by atoms with Crippen LogP contribution in [0.5, 0.6) is 0 Å². The quantitative estimate of drug-likeness (QED) is 0.805. The molecule has 0 bridgehead atoms. The van der Waals surface area contributed by atoms with Gasteiger partial charge in [-0.25, -0.2) is 17.5 Å². The normalized spacial score (nSPS) is 12.8. The first-order valence-electron chi connectivity index (χ1n) is 5.88. The molecule has 2 N–H and O–H groups in total. The summed E-state index contributed by atoms with van der Waals surface area (Å²) in [6.07, 6.45) is 0. The van der Waals surface area contributed by atoms with Gasteiger partial charge >= 0.3 is 0 Å². The molecule has 110 valence electrons. The van der Waals surface area contributed by atoms with E-state index in [0.29, 0.717) is 12.1 Å². The van der Waals surface area contributed by atoms with E-state index in [1.807, 2.05) is 13.8 Å². The maximum absolute atomic E-state index is 12.7. The van der Waals surface area contributed by atoms with Crippen LogP contribution in [0.4, 0.5) is 4.39 Å². The molecule has 0 spiro atoms. The highest BCUT2D eigenvalue weighted by atomic mass is 35.5. The van der Waals surface area contributed by atoms with Gasteiger partial charge in [0.1, 0.15) is 5.82 Å². The van der Waals surface area contributed by atoms with Crippen molar-refractivity contribution in [3.8, 4) is 0 Å². The van der Waals surface area contributed by atoms with E-state index in [9.17, 15) is 12.8 Å². The molecule has 1 aromatic rings. The Bertz CT molecular complexity index is 465. The third-order valence-electron chi connectivity index (χ3n) is 2.43. The molecule has 0 fully saturated rings. The first kappa shape index (κ1) is 18.3. The molecule has 0 saturated heterocycles. The van der Waals surface area contributed by atoms with Gasteiger partial charge in [0.25, 0.3) is 0 Å². The second-order valence-electron chi connectivity index (χ2n) is 4.19. The van der Waals surface area contributed by atoms with Crippen molar-refractivity contribution in [1.29, 1.82) is 0 Å². The summed E-state index contributed by atoms with van der Waals surface area (Å²) in [4.78, 5) is 0. The third-order valence-corrected chi connectivity index (χ3v) is 3.75. The Morgan fingerprint density at radius 3 is 2.37 bits per heavy atom. The van der Waals surface area contributed by atoms with Crippen molar-refractivity contribution in [1.82, 2.24) is 10.0 Å². The molecule has 0 aliphatic heterocycles. The van der Waals surface area contributed by atoms with Crippen molar-refractivity contribution >= 4 is 22.4 Å². The van der Waals surface area contributed by atoms with Gasteiger partial charge < -0.3 is 5.32 Å². The van der Waals surface area contributed by atoms with Crippen molar-refractivity contribution in [3.05, 3.63) is 35.6 Å². The zero-order valence-electron chi connectivity index (χ0n) is 11.0. The van der Waals surface area contributed by atoms with Crippen molar-refractivity contribution < 1.29 is 12.8 Å². The summed E-state index contributed by atoms with van der Waals surface area (Å²) in [5.74, 6) is -0.503. The van der Waals surface area contributed by atoms with Gasteiger partial charge in [-0.2, -0.15) is 0 Å². The van der Waals surface area contributed by atoms with E-state index >= 15 is 0 Å². The molecular formula is C12H20ClFN2O2S. The van der Waals surface area contributed by atoms with E-state index < -0.39 is 10.0 Å². The second kappa shape index (κ2) is 8.47. The van der Waals surface area contributed by atoms with Gasteiger partial charge in [0.15, 0.2) is 0 Å². The molecule has 0 heterocycles. The third kappa shape index (κ3) is 7.47. The number of hydrogen-bond acceptors (Lipinski definition) is 3. The highest BCUT2D eigenvalue weighted by Crippen LogP contribution is 2.06. The number of sulfonamides is 1. The molecule has 0 aliphatic rings. The lowest BCUT2D eigenvalue weighted by Crippen LogP contribution is -2.39. The monoisotopic (exact) mass is 310 g/mol. The first-order chi connectivity index (χ1) is 8.43. The summed E-state index contributed by atoms with van der Waals surface area (Å²) < 4.78 is 38.7. The Balaban J connectivity index is 0.00000324. The molecule has 0 aliphatic carbocycles. The van der Waals surface area contributed by atoms with Crippen molar-refractivity contribution in [2.75, 3.05) is 13.1 Å². The summed E-state index contributed by atoms with van der Waals surface area (Å²) >= 11 is 0. The van der Waals surface area contributed by atoms with Crippen molar-refractivity contribution in [2.45, 2.75) is 25.6 Å². The predicted molar refractivity (Wildman–Crippen MR) is 77.4 cm³/mol. The number of benzene rings is 1. The summed E-state index contributed by atoms with van der Waals surface area (Å²) in [7, 11) is -3.37. The number of rotatable bonds is 7. The van der Waals surface area contributed by atoms with Gasteiger partial charge in [-0.05, 0) is 31.2 Å². The minimum atomic E-state index is -3.37. The largest absolute Gasteiger partial charge is 0.313 e. The predicted octanol–water partition coefficient (Wildman–Crippen LogP) is 1.66. The Labute approximate surface area is 120 Å².